The highest BCUT2D eigenvalue weighted by atomic mass is 127. The van der Waals surface area contributed by atoms with E-state index in [1.807, 2.05) is 20.2 Å². The lowest BCUT2D eigenvalue weighted by molar-refractivity contribution is -0.135. The van der Waals surface area contributed by atoms with Crippen LogP contribution in [0.15, 0.2) is 11.1 Å². The highest BCUT2D eigenvalue weighted by Gasteiger charge is 2.19. The SMILES string of the molecule is CN(C)C=Nc1c(I)cc(I)c(C(=O)NCC(=O)O)c1I. The minimum atomic E-state index is -1.08. The standard InChI is InChI=1S/C12H12I3N3O3/c1-18(2)5-17-11-7(14)3-6(13)9(10(11)15)12(21)16-4-8(19)20/h3,5H,4H2,1-2H3,(H,16,21)(H,19,20). The molecule has 1 aromatic rings. The van der Waals surface area contributed by atoms with Crippen LogP contribution >= 0.6 is 67.8 Å². The van der Waals surface area contributed by atoms with Gasteiger partial charge in [0.05, 0.1) is 21.2 Å². The molecule has 0 saturated heterocycles. The minimum absolute atomic E-state index is 0.409. The number of aliphatic imine (C=N–C) groups is 1. The summed E-state index contributed by atoms with van der Waals surface area (Å²) in [5.74, 6) is -1.49. The van der Waals surface area contributed by atoms with E-state index in [0.29, 0.717) is 14.8 Å². The first-order chi connectivity index (χ1) is 9.73. The molecule has 1 rings (SSSR count). The van der Waals surface area contributed by atoms with E-state index >= 15 is 0 Å². The molecule has 0 aliphatic rings. The first-order valence-corrected chi connectivity index (χ1v) is 8.85. The topological polar surface area (TPSA) is 82.0 Å². The summed E-state index contributed by atoms with van der Waals surface area (Å²) in [6.45, 7) is -0.409. The Hall–Kier alpha value is -0.180. The van der Waals surface area contributed by atoms with Gasteiger partial charge in [-0.2, -0.15) is 0 Å². The van der Waals surface area contributed by atoms with E-state index in [4.69, 9.17) is 5.11 Å². The summed E-state index contributed by atoms with van der Waals surface area (Å²) < 4.78 is 2.38. The molecule has 0 bridgehead atoms. The van der Waals surface area contributed by atoms with Gasteiger partial charge in [0, 0.05) is 21.2 Å². The molecular weight excluding hydrogens is 615 g/mol. The number of nitrogens with zero attached hydrogens (tertiary/aromatic N) is 2. The number of aliphatic carboxylic acids is 1. The molecule has 2 N–H and O–H groups in total. The van der Waals surface area contributed by atoms with Gasteiger partial charge in [-0.1, -0.05) is 0 Å². The van der Waals surface area contributed by atoms with Crippen LogP contribution in [-0.2, 0) is 4.79 Å². The molecule has 0 aromatic heterocycles. The monoisotopic (exact) mass is 627 g/mol. The number of halogens is 3. The van der Waals surface area contributed by atoms with Crippen LogP contribution in [-0.4, -0.2) is 48.9 Å². The largest absolute Gasteiger partial charge is 0.480 e. The van der Waals surface area contributed by atoms with Gasteiger partial charge >= 0.3 is 5.97 Å². The van der Waals surface area contributed by atoms with Gasteiger partial charge in [0.2, 0.25) is 0 Å². The molecule has 9 heteroatoms. The average Bonchev–Trinajstić information content (AvgIpc) is 2.35. The molecule has 0 unspecified atom stereocenters. The maximum atomic E-state index is 12.1. The zero-order valence-electron chi connectivity index (χ0n) is 11.2. The summed E-state index contributed by atoms with van der Waals surface area (Å²) in [4.78, 5) is 28.9. The molecule has 0 saturated carbocycles. The van der Waals surface area contributed by atoms with E-state index in [9.17, 15) is 9.59 Å². The van der Waals surface area contributed by atoms with E-state index in [2.05, 4.69) is 78.1 Å². The van der Waals surface area contributed by atoms with Gasteiger partial charge in [-0.3, -0.25) is 9.59 Å². The number of rotatable bonds is 5. The Balaban J connectivity index is 3.23. The van der Waals surface area contributed by atoms with E-state index in [-0.39, 0.29) is 0 Å². The lowest BCUT2D eigenvalue weighted by Crippen LogP contribution is -2.30. The van der Waals surface area contributed by atoms with Gasteiger partial charge in [-0.05, 0) is 73.8 Å². The van der Waals surface area contributed by atoms with Crippen LogP contribution in [0, 0.1) is 10.7 Å². The van der Waals surface area contributed by atoms with Crippen molar-refractivity contribution in [2.45, 2.75) is 0 Å². The maximum Gasteiger partial charge on any atom is 0.322 e. The van der Waals surface area contributed by atoms with Crippen LogP contribution in [0.1, 0.15) is 10.4 Å². The van der Waals surface area contributed by atoms with Gasteiger partial charge in [0.1, 0.15) is 6.54 Å². The van der Waals surface area contributed by atoms with Crippen molar-refractivity contribution in [2.24, 2.45) is 4.99 Å². The van der Waals surface area contributed by atoms with Crippen LogP contribution in [0.25, 0.3) is 0 Å². The van der Waals surface area contributed by atoms with E-state index in [0.717, 1.165) is 7.14 Å². The highest BCUT2D eigenvalue weighted by Crippen LogP contribution is 2.33. The number of carbonyl (C=O) groups is 2. The zero-order valence-corrected chi connectivity index (χ0v) is 17.6. The predicted octanol–water partition coefficient (Wildman–Crippen LogP) is 2.54. The second-order valence-corrected chi connectivity index (χ2v) is 7.57. The Morgan fingerprint density at radius 3 is 2.48 bits per heavy atom. The van der Waals surface area contributed by atoms with Crippen molar-refractivity contribution >= 4 is 91.7 Å². The maximum absolute atomic E-state index is 12.1. The van der Waals surface area contributed by atoms with Crippen molar-refractivity contribution in [1.82, 2.24) is 10.2 Å². The summed E-state index contributed by atoms with van der Waals surface area (Å²) in [5.41, 5.74) is 1.15. The van der Waals surface area contributed by atoms with Crippen LogP contribution < -0.4 is 5.32 Å². The van der Waals surface area contributed by atoms with Crippen LogP contribution in [0.4, 0.5) is 5.69 Å². The van der Waals surface area contributed by atoms with Crippen LogP contribution in [0.5, 0.6) is 0 Å². The Kier molecular flexibility index (Phi) is 7.59. The molecule has 0 atom stereocenters. The van der Waals surface area contributed by atoms with Crippen molar-refractivity contribution in [3.8, 4) is 0 Å². The van der Waals surface area contributed by atoms with Gasteiger partial charge in [0.15, 0.2) is 0 Å². The second-order valence-electron chi connectivity index (χ2n) is 4.16. The predicted molar refractivity (Wildman–Crippen MR) is 106 cm³/mol. The number of carboxylic acids is 1. The van der Waals surface area contributed by atoms with Crippen molar-refractivity contribution < 1.29 is 14.7 Å². The first-order valence-electron chi connectivity index (χ1n) is 5.62. The number of carbonyl (C=O) groups excluding carboxylic acids is 1. The summed E-state index contributed by atoms with van der Waals surface area (Å²) in [5, 5.41) is 11.0. The van der Waals surface area contributed by atoms with Crippen LogP contribution in [0.3, 0.4) is 0 Å². The number of hydrogen-bond donors (Lipinski definition) is 2. The average molecular weight is 627 g/mol. The quantitative estimate of drug-likeness (QED) is 0.299. The van der Waals surface area contributed by atoms with Crippen molar-refractivity contribution in [2.75, 3.05) is 20.6 Å². The van der Waals surface area contributed by atoms with Gasteiger partial charge in [0.25, 0.3) is 5.91 Å². The van der Waals surface area contributed by atoms with Crippen molar-refractivity contribution in [3.63, 3.8) is 0 Å². The molecule has 0 radical (unpaired) electrons. The highest BCUT2D eigenvalue weighted by molar-refractivity contribution is 14.1. The number of amides is 1. The molecule has 1 amide bonds. The number of benzene rings is 1. The normalized spacial score (nSPS) is 10.7. The Bertz CT molecular complexity index is 603. The summed E-state index contributed by atoms with van der Waals surface area (Å²) in [6.07, 6.45) is 1.66. The zero-order chi connectivity index (χ0) is 16.2. The fourth-order valence-corrected chi connectivity index (χ4v) is 5.46. The molecule has 0 heterocycles. The number of nitrogens with one attached hydrogen (secondary N) is 1. The lowest BCUT2D eigenvalue weighted by Gasteiger charge is -2.12. The summed E-state index contributed by atoms with van der Waals surface area (Å²) in [6, 6.07) is 1.85. The van der Waals surface area contributed by atoms with E-state index in [1.165, 1.54) is 0 Å². The summed E-state index contributed by atoms with van der Waals surface area (Å²) >= 11 is 6.29. The van der Waals surface area contributed by atoms with Crippen molar-refractivity contribution in [3.05, 3.63) is 22.3 Å². The smallest absolute Gasteiger partial charge is 0.322 e. The molecule has 6 nitrogen and oxygen atoms in total. The lowest BCUT2D eigenvalue weighted by atomic mass is 10.2. The Labute approximate surface area is 163 Å². The third kappa shape index (κ3) is 5.50. The molecule has 21 heavy (non-hydrogen) atoms. The fourth-order valence-electron chi connectivity index (χ4n) is 1.32. The molecular formula is C12H12I3N3O3. The van der Waals surface area contributed by atoms with E-state index in [1.54, 1.807) is 11.2 Å². The Morgan fingerprint density at radius 1 is 1.33 bits per heavy atom. The molecule has 0 spiro atoms. The third-order valence-electron chi connectivity index (χ3n) is 2.19. The summed E-state index contributed by atoms with van der Waals surface area (Å²) in [7, 11) is 3.72. The first kappa shape index (κ1) is 18.9. The van der Waals surface area contributed by atoms with Crippen LogP contribution in [0.2, 0.25) is 0 Å². The molecule has 114 valence electrons. The van der Waals surface area contributed by atoms with Crippen molar-refractivity contribution in [1.29, 1.82) is 0 Å². The molecule has 0 aliphatic carbocycles. The third-order valence-corrected chi connectivity index (χ3v) is 4.91. The molecule has 1 aromatic carbocycles. The number of hydrogen-bond acceptors (Lipinski definition) is 3. The Morgan fingerprint density at radius 2 is 1.95 bits per heavy atom. The molecule has 0 aliphatic heterocycles. The van der Waals surface area contributed by atoms with E-state index < -0.39 is 18.4 Å². The number of carboxylic acid groups (broad SMARTS) is 1. The second kappa shape index (κ2) is 8.45. The molecule has 0 fully saturated rings. The minimum Gasteiger partial charge on any atom is -0.480 e. The van der Waals surface area contributed by atoms with Gasteiger partial charge in [-0.15, -0.1) is 0 Å². The van der Waals surface area contributed by atoms with Gasteiger partial charge in [-0.25, -0.2) is 4.99 Å². The fraction of sp³-hybridized carbons (Fsp3) is 0.250. The van der Waals surface area contributed by atoms with Gasteiger partial charge < -0.3 is 15.3 Å².